The third-order valence-electron chi connectivity index (χ3n) is 3.56. The SMILES string of the molecule is COC(=O)c1cc(F)c([N+](=O)[O-])c(NCC2(CF)CC2)c1. The molecule has 0 spiro atoms. The van der Waals surface area contributed by atoms with Crippen molar-refractivity contribution < 1.29 is 23.2 Å². The van der Waals surface area contributed by atoms with Crippen LogP contribution >= 0.6 is 0 Å². The van der Waals surface area contributed by atoms with Crippen LogP contribution in [-0.2, 0) is 4.74 Å². The van der Waals surface area contributed by atoms with E-state index in [0.717, 1.165) is 19.2 Å². The number of benzene rings is 1. The van der Waals surface area contributed by atoms with Crippen molar-refractivity contribution >= 4 is 17.3 Å². The Morgan fingerprint density at radius 3 is 2.67 bits per heavy atom. The zero-order chi connectivity index (χ0) is 15.6. The van der Waals surface area contributed by atoms with Gasteiger partial charge in [-0.3, -0.25) is 14.5 Å². The summed E-state index contributed by atoms with van der Waals surface area (Å²) in [7, 11) is 1.12. The summed E-state index contributed by atoms with van der Waals surface area (Å²) in [6.07, 6.45) is 1.34. The lowest BCUT2D eigenvalue weighted by Gasteiger charge is -2.14. The van der Waals surface area contributed by atoms with Gasteiger partial charge in [-0.2, -0.15) is 4.39 Å². The number of halogens is 2. The fourth-order valence-electron chi connectivity index (χ4n) is 1.97. The minimum Gasteiger partial charge on any atom is -0.465 e. The molecule has 0 amide bonds. The van der Waals surface area contributed by atoms with Crippen LogP contribution in [0.5, 0.6) is 0 Å². The number of esters is 1. The van der Waals surface area contributed by atoms with E-state index in [9.17, 15) is 23.7 Å². The number of hydrogen-bond acceptors (Lipinski definition) is 5. The maximum Gasteiger partial charge on any atom is 0.338 e. The van der Waals surface area contributed by atoms with Gasteiger partial charge in [0.05, 0.1) is 24.3 Å². The summed E-state index contributed by atoms with van der Waals surface area (Å²) in [5.74, 6) is -1.95. The third-order valence-corrected chi connectivity index (χ3v) is 3.56. The second-order valence-corrected chi connectivity index (χ2v) is 5.09. The average Bonchev–Trinajstić information content (AvgIpc) is 3.23. The Bertz CT molecular complexity index is 588. The summed E-state index contributed by atoms with van der Waals surface area (Å²) in [6.45, 7) is -0.401. The number of nitro benzene ring substituents is 1. The highest BCUT2D eigenvalue weighted by Gasteiger charge is 2.43. The fourth-order valence-corrected chi connectivity index (χ4v) is 1.97. The van der Waals surface area contributed by atoms with Crippen molar-refractivity contribution in [3.8, 4) is 0 Å². The first-order valence-electron chi connectivity index (χ1n) is 6.28. The normalized spacial score (nSPS) is 15.4. The highest BCUT2D eigenvalue weighted by atomic mass is 19.1. The molecule has 0 heterocycles. The number of ether oxygens (including phenoxy) is 1. The topological polar surface area (TPSA) is 81.5 Å². The van der Waals surface area contributed by atoms with Crippen molar-refractivity contribution in [3.05, 3.63) is 33.6 Å². The Morgan fingerprint density at radius 2 is 2.19 bits per heavy atom. The molecule has 0 atom stereocenters. The van der Waals surface area contributed by atoms with Crippen molar-refractivity contribution in [3.63, 3.8) is 0 Å². The second-order valence-electron chi connectivity index (χ2n) is 5.09. The highest BCUT2D eigenvalue weighted by molar-refractivity contribution is 5.91. The molecule has 2 rings (SSSR count). The summed E-state index contributed by atoms with van der Waals surface area (Å²) < 4.78 is 31.1. The molecular weight excluding hydrogens is 286 g/mol. The number of methoxy groups -OCH3 is 1. The number of rotatable bonds is 6. The molecule has 6 nitrogen and oxygen atoms in total. The van der Waals surface area contributed by atoms with Gasteiger partial charge in [0, 0.05) is 12.0 Å². The summed E-state index contributed by atoms with van der Waals surface area (Å²) in [6, 6.07) is 1.89. The molecule has 1 fully saturated rings. The maximum absolute atomic E-state index is 13.8. The van der Waals surface area contributed by atoms with Gasteiger partial charge >= 0.3 is 11.7 Å². The van der Waals surface area contributed by atoms with Gasteiger partial charge < -0.3 is 10.1 Å². The molecule has 1 aromatic carbocycles. The van der Waals surface area contributed by atoms with E-state index in [1.54, 1.807) is 0 Å². The molecule has 1 aliphatic rings. The predicted octanol–water partition coefficient (Wildman–Crippen LogP) is 2.68. The monoisotopic (exact) mass is 300 g/mol. The van der Waals surface area contributed by atoms with E-state index in [1.807, 2.05) is 0 Å². The molecule has 1 aromatic rings. The number of nitrogens with zero attached hydrogens (tertiary/aromatic N) is 1. The Hall–Kier alpha value is -2.25. The van der Waals surface area contributed by atoms with E-state index in [4.69, 9.17) is 0 Å². The van der Waals surface area contributed by atoms with E-state index >= 15 is 0 Å². The van der Waals surface area contributed by atoms with Crippen LogP contribution < -0.4 is 5.32 Å². The molecule has 21 heavy (non-hydrogen) atoms. The quantitative estimate of drug-likeness (QED) is 0.496. The molecule has 0 aliphatic heterocycles. The van der Waals surface area contributed by atoms with Crippen molar-refractivity contribution in [2.45, 2.75) is 12.8 Å². The number of anilines is 1. The number of carbonyl (C=O) groups excluding carboxylic acids is 1. The molecule has 114 valence electrons. The van der Waals surface area contributed by atoms with E-state index in [-0.39, 0.29) is 17.8 Å². The van der Waals surface area contributed by atoms with Gasteiger partial charge in [0.25, 0.3) is 0 Å². The molecule has 1 aliphatic carbocycles. The lowest BCUT2D eigenvalue weighted by Crippen LogP contribution is -2.18. The maximum atomic E-state index is 13.8. The molecule has 0 radical (unpaired) electrons. The molecule has 0 unspecified atom stereocenters. The predicted molar refractivity (Wildman–Crippen MR) is 70.5 cm³/mol. The van der Waals surface area contributed by atoms with Gasteiger partial charge in [-0.05, 0) is 25.0 Å². The van der Waals surface area contributed by atoms with Crippen molar-refractivity contribution in [2.24, 2.45) is 5.41 Å². The van der Waals surface area contributed by atoms with Crippen LogP contribution in [0.4, 0.5) is 20.2 Å². The van der Waals surface area contributed by atoms with Gasteiger partial charge in [0.2, 0.25) is 5.82 Å². The first-order chi connectivity index (χ1) is 9.92. The van der Waals surface area contributed by atoms with E-state index in [0.29, 0.717) is 12.8 Å². The Morgan fingerprint density at radius 1 is 1.52 bits per heavy atom. The van der Waals surface area contributed by atoms with Crippen LogP contribution in [0.1, 0.15) is 23.2 Å². The van der Waals surface area contributed by atoms with Crippen LogP contribution in [0.3, 0.4) is 0 Å². The van der Waals surface area contributed by atoms with Gasteiger partial charge in [0.15, 0.2) is 0 Å². The van der Waals surface area contributed by atoms with E-state index in [2.05, 4.69) is 10.1 Å². The number of nitro groups is 1. The number of alkyl halides is 1. The highest BCUT2D eigenvalue weighted by Crippen LogP contribution is 2.46. The minimum atomic E-state index is -1.14. The Labute approximate surface area is 119 Å². The molecule has 0 saturated heterocycles. The minimum absolute atomic E-state index is 0.145. The van der Waals surface area contributed by atoms with Crippen molar-refractivity contribution in [1.82, 2.24) is 0 Å². The largest absolute Gasteiger partial charge is 0.465 e. The molecule has 0 bridgehead atoms. The standard InChI is InChI=1S/C13H14F2N2O4/c1-21-12(18)8-4-9(15)11(17(19)20)10(5-8)16-7-13(6-14)2-3-13/h4-5,16H,2-3,6-7H2,1H3. The summed E-state index contributed by atoms with van der Waals surface area (Å²) in [5.41, 5.74) is -1.60. The molecule has 1 N–H and O–H groups in total. The van der Waals surface area contributed by atoms with Crippen LogP contribution in [-0.4, -0.2) is 31.2 Å². The van der Waals surface area contributed by atoms with Crippen molar-refractivity contribution in [1.29, 1.82) is 0 Å². The smallest absolute Gasteiger partial charge is 0.338 e. The first-order valence-corrected chi connectivity index (χ1v) is 6.28. The zero-order valence-corrected chi connectivity index (χ0v) is 11.3. The van der Waals surface area contributed by atoms with Gasteiger partial charge in [0.1, 0.15) is 5.69 Å². The molecule has 1 saturated carbocycles. The van der Waals surface area contributed by atoms with Gasteiger partial charge in [-0.25, -0.2) is 4.79 Å². The summed E-state index contributed by atoms with van der Waals surface area (Å²) in [4.78, 5) is 21.5. The molecular formula is C13H14F2N2O4. The van der Waals surface area contributed by atoms with Crippen LogP contribution in [0.15, 0.2) is 12.1 Å². The van der Waals surface area contributed by atoms with Gasteiger partial charge in [-0.1, -0.05) is 0 Å². The number of hydrogen-bond donors (Lipinski definition) is 1. The molecule has 8 heteroatoms. The van der Waals surface area contributed by atoms with Crippen LogP contribution in [0, 0.1) is 21.3 Å². The van der Waals surface area contributed by atoms with Crippen LogP contribution in [0.2, 0.25) is 0 Å². The third kappa shape index (κ3) is 3.09. The van der Waals surface area contributed by atoms with Crippen LogP contribution in [0.25, 0.3) is 0 Å². The lowest BCUT2D eigenvalue weighted by atomic mass is 10.1. The van der Waals surface area contributed by atoms with Gasteiger partial charge in [-0.15, -0.1) is 0 Å². The average molecular weight is 300 g/mol. The summed E-state index contributed by atoms with van der Waals surface area (Å²) in [5, 5.41) is 13.6. The van der Waals surface area contributed by atoms with E-state index < -0.39 is 34.5 Å². The number of carbonyl (C=O) groups is 1. The number of nitrogens with one attached hydrogen (secondary N) is 1. The Balaban J connectivity index is 2.33. The zero-order valence-electron chi connectivity index (χ0n) is 11.3. The second kappa shape index (κ2) is 5.63. The van der Waals surface area contributed by atoms with E-state index in [1.165, 1.54) is 0 Å². The van der Waals surface area contributed by atoms with Crippen molar-refractivity contribution in [2.75, 3.05) is 25.6 Å². The lowest BCUT2D eigenvalue weighted by molar-refractivity contribution is -0.386. The Kier molecular flexibility index (Phi) is 4.06. The summed E-state index contributed by atoms with van der Waals surface area (Å²) >= 11 is 0. The fraction of sp³-hybridized carbons (Fsp3) is 0.462. The first kappa shape index (κ1) is 15.1. The molecule has 0 aromatic heterocycles.